The smallest absolute Gasteiger partial charge is 0.273 e. The molecule has 0 aliphatic heterocycles. The molecule has 2 rings (SSSR count). The Morgan fingerprint density at radius 3 is 2.61 bits per heavy atom. The number of benzene rings is 1. The zero-order valence-corrected chi connectivity index (χ0v) is 16.3. The number of nitrogens with one attached hydrogen (secondary N) is 1. The van der Waals surface area contributed by atoms with Crippen LogP contribution >= 0.6 is 0 Å². The monoisotopic (exact) mass is 389 g/mol. The van der Waals surface area contributed by atoms with E-state index in [0.29, 0.717) is 45.0 Å². The van der Waals surface area contributed by atoms with Crippen molar-refractivity contribution in [3.63, 3.8) is 0 Å². The second-order valence-electron chi connectivity index (χ2n) is 6.17. The molecule has 8 nitrogen and oxygen atoms in total. The number of ether oxygens (including phenoxy) is 2. The first-order valence-electron chi connectivity index (χ1n) is 9.16. The number of nitrogens with zero attached hydrogens (tertiary/aromatic N) is 2. The number of oxazole rings is 1. The van der Waals surface area contributed by atoms with E-state index >= 15 is 0 Å². The molecule has 0 aliphatic rings. The zero-order valence-electron chi connectivity index (χ0n) is 16.3. The molecule has 0 spiro atoms. The fraction of sp³-hybridized carbons (Fsp3) is 0.450. The van der Waals surface area contributed by atoms with Gasteiger partial charge in [-0.15, -0.1) is 0 Å². The number of carbonyl (C=O) groups is 2. The SMILES string of the molecule is COCCNC(=O)c1coc(CN(CCOC)C(=O)CCc2ccccc2)n1. The molecule has 1 aromatic carbocycles. The maximum Gasteiger partial charge on any atom is 0.273 e. The number of amides is 2. The van der Waals surface area contributed by atoms with E-state index < -0.39 is 0 Å². The van der Waals surface area contributed by atoms with Gasteiger partial charge in [-0.05, 0) is 12.0 Å². The van der Waals surface area contributed by atoms with Gasteiger partial charge in [-0.25, -0.2) is 4.98 Å². The number of aryl methyl sites for hydroxylation is 1. The van der Waals surface area contributed by atoms with Crippen molar-refractivity contribution in [3.8, 4) is 0 Å². The van der Waals surface area contributed by atoms with E-state index in [4.69, 9.17) is 13.9 Å². The molecule has 8 heteroatoms. The van der Waals surface area contributed by atoms with Crippen LogP contribution in [0.4, 0.5) is 0 Å². The summed E-state index contributed by atoms with van der Waals surface area (Å²) in [4.78, 5) is 30.5. The lowest BCUT2D eigenvalue weighted by atomic mass is 10.1. The maximum atomic E-state index is 12.6. The summed E-state index contributed by atoms with van der Waals surface area (Å²) in [5.74, 6) is -0.0582. The Morgan fingerprint density at radius 1 is 1.14 bits per heavy atom. The lowest BCUT2D eigenvalue weighted by molar-refractivity contribution is -0.132. The van der Waals surface area contributed by atoms with E-state index in [1.54, 1.807) is 19.1 Å². The van der Waals surface area contributed by atoms with Crippen molar-refractivity contribution in [2.24, 2.45) is 0 Å². The minimum Gasteiger partial charge on any atom is -0.446 e. The third-order valence-electron chi connectivity index (χ3n) is 4.09. The van der Waals surface area contributed by atoms with Gasteiger partial charge in [0, 0.05) is 33.7 Å². The van der Waals surface area contributed by atoms with E-state index in [0.717, 1.165) is 5.56 Å². The van der Waals surface area contributed by atoms with Gasteiger partial charge in [-0.3, -0.25) is 9.59 Å². The molecule has 0 bridgehead atoms. The lowest BCUT2D eigenvalue weighted by Crippen LogP contribution is -2.33. The highest BCUT2D eigenvalue weighted by molar-refractivity contribution is 5.91. The highest BCUT2D eigenvalue weighted by Gasteiger charge is 2.18. The molecule has 152 valence electrons. The van der Waals surface area contributed by atoms with Gasteiger partial charge in [0.1, 0.15) is 6.26 Å². The van der Waals surface area contributed by atoms with Crippen LogP contribution in [-0.4, -0.2) is 62.2 Å². The summed E-state index contributed by atoms with van der Waals surface area (Å²) < 4.78 is 15.4. The first-order chi connectivity index (χ1) is 13.6. The minimum atomic E-state index is -0.342. The molecule has 0 radical (unpaired) electrons. The second kappa shape index (κ2) is 11.9. The average Bonchev–Trinajstić information content (AvgIpc) is 3.19. The van der Waals surface area contributed by atoms with Crippen LogP contribution in [0.5, 0.6) is 0 Å². The predicted molar refractivity (Wildman–Crippen MR) is 103 cm³/mol. The van der Waals surface area contributed by atoms with Gasteiger partial charge < -0.3 is 24.1 Å². The molecule has 1 aromatic heterocycles. The fourth-order valence-electron chi connectivity index (χ4n) is 2.56. The predicted octanol–water partition coefficient (Wildman–Crippen LogP) is 1.66. The topological polar surface area (TPSA) is 93.9 Å². The summed E-state index contributed by atoms with van der Waals surface area (Å²) in [7, 11) is 3.14. The quantitative estimate of drug-likeness (QED) is 0.555. The summed E-state index contributed by atoms with van der Waals surface area (Å²) in [5, 5.41) is 2.68. The average molecular weight is 389 g/mol. The van der Waals surface area contributed by atoms with Crippen molar-refractivity contribution in [2.45, 2.75) is 19.4 Å². The normalized spacial score (nSPS) is 10.6. The number of rotatable bonds is 12. The summed E-state index contributed by atoms with van der Waals surface area (Å²) in [6.07, 6.45) is 2.32. The van der Waals surface area contributed by atoms with E-state index in [1.165, 1.54) is 6.26 Å². The summed E-state index contributed by atoms with van der Waals surface area (Å²) >= 11 is 0. The fourth-order valence-corrected chi connectivity index (χ4v) is 2.56. The van der Waals surface area contributed by atoms with Crippen LogP contribution in [0.25, 0.3) is 0 Å². The Bertz CT molecular complexity index is 732. The van der Waals surface area contributed by atoms with Crippen molar-refractivity contribution < 1.29 is 23.5 Å². The second-order valence-corrected chi connectivity index (χ2v) is 6.17. The molecule has 0 atom stereocenters. The molecule has 1 heterocycles. The minimum absolute atomic E-state index is 0.0230. The zero-order chi connectivity index (χ0) is 20.2. The molecule has 28 heavy (non-hydrogen) atoms. The van der Waals surface area contributed by atoms with Gasteiger partial charge in [0.2, 0.25) is 11.8 Å². The molecule has 2 amide bonds. The van der Waals surface area contributed by atoms with Crippen LogP contribution in [0.1, 0.15) is 28.4 Å². The highest BCUT2D eigenvalue weighted by atomic mass is 16.5. The number of carbonyl (C=O) groups excluding carboxylic acids is 2. The molecule has 0 saturated carbocycles. The standard InChI is InChI=1S/C20H27N3O5/c1-26-12-10-21-20(25)17-15-28-18(22-17)14-23(11-13-27-2)19(24)9-8-16-6-4-3-5-7-16/h3-7,15H,8-14H2,1-2H3,(H,21,25). The number of hydrogen-bond acceptors (Lipinski definition) is 6. The Balaban J connectivity index is 1.93. The van der Waals surface area contributed by atoms with E-state index in [9.17, 15) is 9.59 Å². The molecular weight excluding hydrogens is 362 g/mol. The van der Waals surface area contributed by atoms with E-state index in [1.807, 2.05) is 30.3 Å². The summed E-state index contributed by atoms with van der Waals surface area (Å²) in [5.41, 5.74) is 1.28. The Labute approximate surface area is 164 Å². The molecule has 0 fully saturated rings. The first-order valence-corrected chi connectivity index (χ1v) is 9.16. The molecule has 0 saturated heterocycles. The van der Waals surface area contributed by atoms with Crippen molar-refractivity contribution in [3.05, 3.63) is 53.7 Å². The van der Waals surface area contributed by atoms with Gasteiger partial charge in [0.25, 0.3) is 5.91 Å². The Morgan fingerprint density at radius 2 is 1.89 bits per heavy atom. The molecular formula is C20H27N3O5. The van der Waals surface area contributed by atoms with Crippen LogP contribution < -0.4 is 5.32 Å². The van der Waals surface area contributed by atoms with E-state index in [-0.39, 0.29) is 24.1 Å². The highest BCUT2D eigenvalue weighted by Crippen LogP contribution is 2.10. The Hall–Kier alpha value is -2.71. The number of methoxy groups -OCH3 is 2. The Kier molecular flexibility index (Phi) is 9.17. The van der Waals surface area contributed by atoms with Crippen LogP contribution in [0.15, 0.2) is 41.0 Å². The third kappa shape index (κ3) is 7.13. The summed E-state index contributed by atoms with van der Waals surface area (Å²) in [6, 6.07) is 9.84. The van der Waals surface area contributed by atoms with Crippen molar-refractivity contribution in [1.29, 1.82) is 0 Å². The molecule has 1 N–H and O–H groups in total. The first kappa shape index (κ1) is 21.6. The van der Waals surface area contributed by atoms with Gasteiger partial charge in [0.05, 0.1) is 19.8 Å². The largest absolute Gasteiger partial charge is 0.446 e. The third-order valence-corrected chi connectivity index (χ3v) is 4.09. The van der Waals surface area contributed by atoms with Crippen molar-refractivity contribution in [2.75, 3.05) is 40.5 Å². The van der Waals surface area contributed by atoms with Crippen LogP contribution in [0.3, 0.4) is 0 Å². The van der Waals surface area contributed by atoms with Gasteiger partial charge in [-0.1, -0.05) is 30.3 Å². The van der Waals surface area contributed by atoms with Crippen molar-refractivity contribution in [1.82, 2.24) is 15.2 Å². The van der Waals surface area contributed by atoms with Crippen LogP contribution in [0.2, 0.25) is 0 Å². The number of aromatic nitrogens is 1. The van der Waals surface area contributed by atoms with Crippen molar-refractivity contribution >= 4 is 11.8 Å². The van der Waals surface area contributed by atoms with Crippen LogP contribution in [0, 0.1) is 0 Å². The van der Waals surface area contributed by atoms with E-state index in [2.05, 4.69) is 10.3 Å². The van der Waals surface area contributed by atoms with Gasteiger partial charge in [-0.2, -0.15) is 0 Å². The van der Waals surface area contributed by atoms with Gasteiger partial charge >= 0.3 is 0 Å². The molecule has 0 unspecified atom stereocenters. The number of hydrogen-bond donors (Lipinski definition) is 1. The summed E-state index contributed by atoms with van der Waals surface area (Å²) in [6.45, 7) is 1.80. The lowest BCUT2D eigenvalue weighted by Gasteiger charge is -2.20. The maximum absolute atomic E-state index is 12.6. The molecule has 2 aromatic rings. The molecule has 0 aliphatic carbocycles. The van der Waals surface area contributed by atoms with Crippen LogP contribution in [-0.2, 0) is 27.2 Å². The van der Waals surface area contributed by atoms with Gasteiger partial charge in [0.15, 0.2) is 5.69 Å².